The lowest BCUT2D eigenvalue weighted by Crippen LogP contribution is -2.30. The molecule has 2 aliphatic rings. The number of hydrogen-bond donors (Lipinski definition) is 0. The summed E-state index contributed by atoms with van der Waals surface area (Å²) in [5.74, 6) is -1.10. The average Bonchev–Trinajstić information content (AvgIpc) is 2.76. The number of benzene rings is 1. The molecule has 0 N–H and O–H groups in total. The summed E-state index contributed by atoms with van der Waals surface area (Å²) in [6.45, 7) is 7.66. The topological polar surface area (TPSA) is 27.7 Å². The van der Waals surface area contributed by atoms with Gasteiger partial charge in [0.25, 0.3) is 0 Å². The van der Waals surface area contributed by atoms with Gasteiger partial charge in [0.1, 0.15) is 0 Å². The van der Waals surface area contributed by atoms with Gasteiger partial charge in [0.2, 0.25) is 5.82 Å². The van der Waals surface area contributed by atoms with Crippen molar-refractivity contribution in [2.75, 3.05) is 19.8 Å². The van der Waals surface area contributed by atoms with Crippen LogP contribution in [0.3, 0.4) is 0 Å². The van der Waals surface area contributed by atoms with E-state index < -0.39 is 11.6 Å². The monoisotopic (exact) mass is 408 g/mol. The van der Waals surface area contributed by atoms with Crippen LogP contribution in [-0.4, -0.2) is 32.0 Å². The lowest BCUT2D eigenvalue weighted by atomic mass is 9.82. The molecule has 2 atom stereocenters. The number of rotatable bonds is 9. The molecule has 1 aromatic rings. The predicted octanol–water partition coefficient (Wildman–Crippen LogP) is 6.17. The first-order valence-corrected chi connectivity index (χ1v) is 11.1. The molecule has 0 aromatic heterocycles. The number of halogens is 2. The highest BCUT2D eigenvalue weighted by Crippen LogP contribution is 2.37. The van der Waals surface area contributed by atoms with Crippen LogP contribution in [0.25, 0.3) is 0 Å². The zero-order chi connectivity index (χ0) is 20.6. The van der Waals surface area contributed by atoms with Crippen molar-refractivity contribution >= 4 is 0 Å². The first-order valence-electron chi connectivity index (χ1n) is 11.1. The van der Waals surface area contributed by atoms with Crippen LogP contribution in [0.1, 0.15) is 69.8 Å². The Balaban J connectivity index is 1.45. The lowest BCUT2D eigenvalue weighted by molar-refractivity contribution is -0.0502. The summed E-state index contributed by atoms with van der Waals surface area (Å²) in [7, 11) is 0. The summed E-state index contributed by atoms with van der Waals surface area (Å²) >= 11 is 0. The first-order chi connectivity index (χ1) is 14.1. The van der Waals surface area contributed by atoms with Gasteiger partial charge in [-0.05, 0) is 62.5 Å². The summed E-state index contributed by atoms with van der Waals surface area (Å²) in [4.78, 5) is 0. The molecular formula is C24H34F2O3. The third kappa shape index (κ3) is 6.02. The van der Waals surface area contributed by atoms with E-state index in [0.717, 1.165) is 58.0 Å². The Kier molecular flexibility index (Phi) is 8.49. The second-order valence-corrected chi connectivity index (χ2v) is 8.34. The summed E-state index contributed by atoms with van der Waals surface area (Å²) in [5, 5.41) is 0. The minimum Gasteiger partial charge on any atom is -0.490 e. The molecule has 1 aliphatic carbocycles. The van der Waals surface area contributed by atoms with Gasteiger partial charge in [-0.3, -0.25) is 0 Å². The fraction of sp³-hybridized carbons (Fsp3) is 0.667. The van der Waals surface area contributed by atoms with E-state index in [4.69, 9.17) is 14.2 Å². The van der Waals surface area contributed by atoms with Gasteiger partial charge in [-0.1, -0.05) is 25.5 Å². The van der Waals surface area contributed by atoms with Crippen molar-refractivity contribution in [3.05, 3.63) is 42.0 Å². The number of unbranched alkanes of at least 4 members (excludes halogenated alkanes) is 1. The van der Waals surface area contributed by atoms with Gasteiger partial charge in [-0.15, -0.1) is 6.58 Å². The van der Waals surface area contributed by atoms with Crippen LogP contribution in [0, 0.1) is 17.6 Å². The largest absolute Gasteiger partial charge is 0.490 e. The van der Waals surface area contributed by atoms with Crippen molar-refractivity contribution in [3.8, 4) is 5.75 Å². The average molecular weight is 409 g/mol. The Morgan fingerprint density at radius 3 is 2.55 bits per heavy atom. The maximum absolute atomic E-state index is 14.6. The summed E-state index contributed by atoms with van der Waals surface area (Å²) in [6.07, 6.45) is 9.53. The van der Waals surface area contributed by atoms with Gasteiger partial charge in [0.15, 0.2) is 11.6 Å². The third-order valence-corrected chi connectivity index (χ3v) is 6.18. The van der Waals surface area contributed by atoms with Crippen LogP contribution in [0.5, 0.6) is 5.75 Å². The first kappa shape index (κ1) is 22.2. The van der Waals surface area contributed by atoms with Crippen LogP contribution in [0.4, 0.5) is 8.78 Å². The highest BCUT2D eigenvalue weighted by atomic mass is 19.2. The normalized spacial score (nSPS) is 27.6. The molecule has 1 aliphatic heterocycles. The summed E-state index contributed by atoms with van der Waals surface area (Å²) in [6, 6.07) is 3.27. The molecule has 5 heteroatoms. The van der Waals surface area contributed by atoms with E-state index in [1.54, 1.807) is 12.1 Å². The van der Waals surface area contributed by atoms with Crippen LogP contribution < -0.4 is 4.74 Å². The fourth-order valence-corrected chi connectivity index (χ4v) is 4.26. The molecule has 1 aromatic carbocycles. The molecule has 1 saturated carbocycles. The van der Waals surface area contributed by atoms with Gasteiger partial charge in [-0.25, -0.2) is 4.39 Å². The lowest BCUT2D eigenvalue weighted by Gasteiger charge is -2.32. The predicted molar refractivity (Wildman–Crippen MR) is 110 cm³/mol. The Hall–Kier alpha value is -1.46. The van der Waals surface area contributed by atoms with Crippen LogP contribution in [0.15, 0.2) is 24.8 Å². The molecule has 0 radical (unpaired) electrons. The zero-order valence-corrected chi connectivity index (χ0v) is 17.5. The van der Waals surface area contributed by atoms with Gasteiger partial charge in [-0.2, -0.15) is 4.39 Å². The van der Waals surface area contributed by atoms with E-state index in [1.165, 1.54) is 0 Å². The summed E-state index contributed by atoms with van der Waals surface area (Å²) in [5.41, 5.74) is 0.472. The fourth-order valence-electron chi connectivity index (χ4n) is 4.26. The maximum atomic E-state index is 14.6. The third-order valence-electron chi connectivity index (χ3n) is 6.18. The molecule has 1 heterocycles. The molecule has 162 valence electrons. The van der Waals surface area contributed by atoms with Crippen LogP contribution in [-0.2, 0) is 9.47 Å². The molecule has 2 unspecified atom stereocenters. The Morgan fingerprint density at radius 2 is 1.90 bits per heavy atom. The van der Waals surface area contributed by atoms with E-state index in [0.29, 0.717) is 24.7 Å². The molecule has 3 rings (SSSR count). The van der Waals surface area contributed by atoms with Gasteiger partial charge >= 0.3 is 0 Å². The van der Waals surface area contributed by atoms with Gasteiger partial charge < -0.3 is 14.2 Å². The molecule has 1 saturated heterocycles. The Bertz CT molecular complexity index is 648. The SMILES string of the molecule is C=CC1CCC(COC2CCC(c3ccc(OCCCC)c(F)c3F)CC2)CO1. The standard InChI is InChI=1S/C24H34F2O3/c1-3-5-14-27-22-13-12-21(23(25)24(22)26)18-7-10-20(11-8-18)29-16-17-6-9-19(4-2)28-15-17/h4,12-13,17-20H,2-3,5-11,14-16H2,1H3. The molecular weight excluding hydrogens is 374 g/mol. The second-order valence-electron chi connectivity index (χ2n) is 8.34. The molecule has 0 bridgehead atoms. The van der Waals surface area contributed by atoms with Crippen molar-refractivity contribution in [2.24, 2.45) is 5.92 Å². The van der Waals surface area contributed by atoms with E-state index >= 15 is 0 Å². The Labute approximate surface area is 173 Å². The smallest absolute Gasteiger partial charge is 0.200 e. The molecule has 0 spiro atoms. The minimum atomic E-state index is -0.855. The summed E-state index contributed by atoms with van der Waals surface area (Å²) < 4.78 is 46.2. The maximum Gasteiger partial charge on any atom is 0.200 e. The van der Waals surface area contributed by atoms with Gasteiger partial charge in [0, 0.05) is 5.92 Å². The highest BCUT2D eigenvalue weighted by Gasteiger charge is 2.28. The number of hydrogen-bond acceptors (Lipinski definition) is 3. The molecule has 2 fully saturated rings. The molecule has 0 amide bonds. The Morgan fingerprint density at radius 1 is 1.10 bits per heavy atom. The van der Waals surface area contributed by atoms with Crippen molar-refractivity contribution in [3.63, 3.8) is 0 Å². The minimum absolute atomic E-state index is 0.0186. The molecule has 3 nitrogen and oxygen atoms in total. The van der Waals surface area contributed by atoms with Crippen molar-refractivity contribution in [2.45, 2.75) is 76.4 Å². The van der Waals surface area contributed by atoms with Crippen LogP contribution >= 0.6 is 0 Å². The van der Waals surface area contributed by atoms with E-state index in [-0.39, 0.29) is 23.9 Å². The van der Waals surface area contributed by atoms with Crippen molar-refractivity contribution in [1.82, 2.24) is 0 Å². The van der Waals surface area contributed by atoms with E-state index in [2.05, 4.69) is 6.58 Å². The van der Waals surface area contributed by atoms with Crippen molar-refractivity contribution in [1.29, 1.82) is 0 Å². The van der Waals surface area contributed by atoms with E-state index in [9.17, 15) is 8.78 Å². The second kappa shape index (κ2) is 11.1. The van der Waals surface area contributed by atoms with Crippen LogP contribution in [0.2, 0.25) is 0 Å². The van der Waals surface area contributed by atoms with Crippen molar-refractivity contribution < 1.29 is 23.0 Å². The molecule has 29 heavy (non-hydrogen) atoms. The number of ether oxygens (including phenoxy) is 3. The zero-order valence-electron chi connectivity index (χ0n) is 17.5. The highest BCUT2D eigenvalue weighted by molar-refractivity contribution is 5.33. The van der Waals surface area contributed by atoms with E-state index in [1.807, 2.05) is 13.0 Å². The van der Waals surface area contributed by atoms with Gasteiger partial charge in [0.05, 0.1) is 32.0 Å². The quantitative estimate of drug-likeness (QED) is 0.361.